The molecule has 1 unspecified atom stereocenters. The van der Waals surface area contributed by atoms with E-state index >= 15 is 0 Å². The van der Waals surface area contributed by atoms with Gasteiger partial charge in [-0.2, -0.15) is 0 Å². The highest BCUT2D eigenvalue weighted by Crippen LogP contribution is 2.52. The zero-order valence-electron chi connectivity index (χ0n) is 14.0. The van der Waals surface area contributed by atoms with Crippen molar-refractivity contribution in [2.75, 3.05) is 18.0 Å². The minimum atomic E-state index is 0.0820. The normalized spacial score (nSPS) is 28.4. The van der Waals surface area contributed by atoms with Crippen molar-refractivity contribution in [2.24, 2.45) is 11.8 Å². The number of benzene rings is 1. The SMILES string of the molecule is O=C1C(C2CCCCCC2)C2(CCNCC2)N1c1ccccc1. The Hall–Kier alpha value is -1.35. The number of carbonyl (C=O) groups is 1. The summed E-state index contributed by atoms with van der Waals surface area (Å²) in [4.78, 5) is 15.3. The molecule has 1 saturated carbocycles. The standard InChI is InChI=1S/C20H28N2O/c23-19-18(16-8-4-1-2-5-9-16)20(12-14-21-15-13-20)22(19)17-10-6-3-7-11-17/h3,6-7,10-11,16,18,21H,1-2,4-5,8-9,12-15H2. The van der Waals surface area contributed by atoms with E-state index in [1.165, 1.54) is 38.5 Å². The van der Waals surface area contributed by atoms with Crippen LogP contribution in [0.15, 0.2) is 30.3 Å². The van der Waals surface area contributed by atoms with Crippen LogP contribution in [0.1, 0.15) is 51.4 Å². The molecule has 4 rings (SSSR count). The first-order chi connectivity index (χ1) is 11.3. The van der Waals surface area contributed by atoms with Crippen LogP contribution in [0.2, 0.25) is 0 Å². The van der Waals surface area contributed by atoms with Crippen molar-refractivity contribution < 1.29 is 4.79 Å². The molecule has 3 fully saturated rings. The van der Waals surface area contributed by atoms with Crippen LogP contribution in [0.5, 0.6) is 0 Å². The molecule has 2 heterocycles. The summed E-state index contributed by atoms with van der Waals surface area (Å²) in [5.41, 5.74) is 1.18. The Labute approximate surface area is 139 Å². The molecule has 1 atom stereocenters. The fraction of sp³-hybridized carbons (Fsp3) is 0.650. The summed E-state index contributed by atoms with van der Waals surface area (Å²) < 4.78 is 0. The quantitative estimate of drug-likeness (QED) is 0.666. The number of carbonyl (C=O) groups excluding carboxylic acids is 1. The third-order valence-electron chi connectivity index (χ3n) is 6.37. The van der Waals surface area contributed by atoms with Gasteiger partial charge in [-0.1, -0.05) is 43.9 Å². The molecule has 1 aromatic rings. The van der Waals surface area contributed by atoms with E-state index in [-0.39, 0.29) is 11.5 Å². The van der Waals surface area contributed by atoms with Crippen LogP contribution in [0.25, 0.3) is 0 Å². The summed E-state index contributed by atoms with van der Waals surface area (Å²) in [6.07, 6.45) is 10.1. The van der Waals surface area contributed by atoms with E-state index in [0.717, 1.165) is 31.6 Å². The summed E-state index contributed by atoms with van der Waals surface area (Å²) in [6.45, 7) is 2.08. The summed E-state index contributed by atoms with van der Waals surface area (Å²) in [7, 11) is 0. The van der Waals surface area contributed by atoms with E-state index < -0.39 is 0 Å². The lowest BCUT2D eigenvalue weighted by Gasteiger charge is -2.61. The molecule has 1 aromatic carbocycles. The van der Waals surface area contributed by atoms with Crippen LogP contribution in [0, 0.1) is 11.8 Å². The molecule has 23 heavy (non-hydrogen) atoms. The van der Waals surface area contributed by atoms with Gasteiger partial charge in [0.25, 0.3) is 0 Å². The van der Waals surface area contributed by atoms with Gasteiger partial charge in [-0.3, -0.25) is 4.79 Å². The Morgan fingerprint density at radius 3 is 2.26 bits per heavy atom. The van der Waals surface area contributed by atoms with Crippen molar-refractivity contribution >= 4 is 11.6 Å². The summed E-state index contributed by atoms with van der Waals surface area (Å²) >= 11 is 0. The van der Waals surface area contributed by atoms with Crippen molar-refractivity contribution in [3.63, 3.8) is 0 Å². The van der Waals surface area contributed by atoms with Crippen molar-refractivity contribution in [3.8, 4) is 0 Å². The minimum absolute atomic E-state index is 0.0820. The van der Waals surface area contributed by atoms with Crippen molar-refractivity contribution in [1.82, 2.24) is 5.32 Å². The van der Waals surface area contributed by atoms with Gasteiger partial charge in [-0.25, -0.2) is 0 Å². The predicted octanol–water partition coefficient (Wildman–Crippen LogP) is 3.74. The molecule has 3 aliphatic rings. The number of para-hydroxylation sites is 1. The molecule has 2 saturated heterocycles. The van der Waals surface area contributed by atoms with Crippen LogP contribution in [-0.2, 0) is 4.79 Å². The summed E-state index contributed by atoms with van der Waals surface area (Å²) in [6, 6.07) is 10.3. The van der Waals surface area contributed by atoms with Crippen LogP contribution < -0.4 is 10.2 Å². The highest BCUT2D eigenvalue weighted by Gasteiger charge is 2.62. The van der Waals surface area contributed by atoms with Crippen molar-refractivity contribution in [2.45, 2.75) is 56.9 Å². The second-order valence-electron chi connectivity index (χ2n) is 7.59. The smallest absolute Gasteiger partial charge is 0.233 e. The Balaban J connectivity index is 1.65. The topological polar surface area (TPSA) is 32.3 Å². The van der Waals surface area contributed by atoms with Crippen LogP contribution in [0.4, 0.5) is 5.69 Å². The first-order valence-corrected chi connectivity index (χ1v) is 9.43. The van der Waals surface area contributed by atoms with Crippen LogP contribution in [-0.4, -0.2) is 24.5 Å². The second kappa shape index (κ2) is 6.27. The average Bonchev–Trinajstić information content (AvgIpc) is 2.86. The molecule has 0 bridgehead atoms. The Morgan fingerprint density at radius 2 is 1.61 bits per heavy atom. The van der Waals surface area contributed by atoms with Crippen molar-refractivity contribution in [3.05, 3.63) is 30.3 Å². The van der Waals surface area contributed by atoms with Crippen LogP contribution in [0.3, 0.4) is 0 Å². The highest BCUT2D eigenvalue weighted by atomic mass is 16.2. The number of amides is 1. The average molecular weight is 312 g/mol. The Bertz CT molecular complexity index is 542. The lowest BCUT2D eigenvalue weighted by Crippen LogP contribution is -2.75. The lowest BCUT2D eigenvalue weighted by atomic mass is 9.60. The zero-order chi connectivity index (χ0) is 15.7. The third-order valence-corrected chi connectivity index (χ3v) is 6.37. The molecule has 1 amide bonds. The van der Waals surface area contributed by atoms with Gasteiger partial charge < -0.3 is 10.2 Å². The van der Waals surface area contributed by atoms with E-state index in [2.05, 4.69) is 34.5 Å². The first kappa shape index (κ1) is 15.2. The Kier molecular flexibility index (Phi) is 4.14. The highest BCUT2D eigenvalue weighted by molar-refractivity contribution is 6.05. The zero-order valence-corrected chi connectivity index (χ0v) is 14.0. The molecule has 0 radical (unpaired) electrons. The van der Waals surface area contributed by atoms with Gasteiger partial charge in [0.05, 0.1) is 11.5 Å². The molecular formula is C20H28N2O. The van der Waals surface area contributed by atoms with E-state index in [9.17, 15) is 4.79 Å². The number of rotatable bonds is 2. The maximum atomic E-state index is 13.2. The monoisotopic (exact) mass is 312 g/mol. The maximum Gasteiger partial charge on any atom is 0.233 e. The van der Waals surface area contributed by atoms with Gasteiger partial charge in [0.2, 0.25) is 5.91 Å². The number of β-lactam (4-membered cyclic amide) rings is 1. The van der Waals surface area contributed by atoms with E-state index in [0.29, 0.717) is 11.8 Å². The largest absolute Gasteiger partial charge is 0.317 e. The van der Waals surface area contributed by atoms with E-state index in [4.69, 9.17) is 0 Å². The van der Waals surface area contributed by atoms with E-state index in [1.54, 1.807) is 0 Å². The summed E-state index contributed by atoms with van der Waals surface area (Å²) in [5, 5.41) is 3.49. The third kappa shape index (κ3) is 2.50. The second-order valence-corrected chi connectivity index (χ2v) is 7.59. The van der Waals surface area contributed by atoms with E-state index in [1.807, 2.05) is 6.07 Å². The maximum absolute atomic E-state index is 13.2. The van der Waals surface area contributed by atoms with Gasteiger partial charge >= 0.3 is 0 Å². The number of anilines is 1. The fourth-order valence-electron chi connectivity index (χ4n) is 5.30. The number of hydrogen-bond acceptors (Lipinski definition) is 2. The fourth-order valence-corrected chi connectivity index (χ4v) is 5.30. The van der Waals surface area contributed by atoms with Crippen LogP contribution >= 0.6 is 0 Å². The predicted molar refractivity (Wildman–Crippen MR) is 93.4 cm³/mol. The Morgan fingerprint density at radius 1 is 0.957 bits per heavy atom. The molecular weight excluding hydrogens is 284 g/mol. The number of piperidine rings is 1. The molecule has 0 aromatic heterocycles. The summed E-state index contributed by atoms with van der Waals surface area (Å²) in [5.74, 6) is 1.27. The molecule has 1 aliphatic carbocycles. The number of nitrogens with one attached hydrogen (secondary N) is 1. The minimum Gasteiger partial charge on any atom is -0.317 e. The molecule has 1 N–H and O–H groups in total. The van der Waals surface area contributed by atoms with Gasteiger partial charge in [0, 0.05) is 5.69 Å². The van der Waals surface area contributed by atoms with Gasteiger partial charge in [-0.05, 0) is 56.8 Å². The van der Waals surface area contributed by atoms with Gasteiger partial charge in [0.15, 0.2) is 0 Å². The van der Waals surface area contributed by atoms with Crippen molar-refractivity contribution in [1.29, 1.82) is 0 Å². The molecule has 3 nitrogen and oxygen atoms in total. The molecule has 1 spiro atoms. The molecule has 2 aliphatic heterocycles. The number of hydrogen-bond donors (Lipinski definition) is 1. The molecule has 124 valence electrons. The van der Waals surface area contributed by atoms with Gasteiger partial charge in [-0.15, -0.1) is 0 Å². The lowest BCUT2D eigenvalue weighted by molar-refractivity contribution is -0.140. The van der Waals surface area contributed by atoms with Gasteiger partial charge in [0.1, 0.15) is 0 Å². The number of nitrogens with zero attached hydrogens (tertiary/aromatic N) is 1. The first-order valence-electron chi connectivity index (χ1n) is 9.43. The molecule has 3 heteroatoms.